The highest BCUT2D eigenvalue weighted by molar-refractivity contribution is 7.13. The van der Waals surface area contributed by atoms with Crippen LogP contribution in [-0.4, -0.2) is 41.0 Å². The van der Waals surface area contributed by atoms with Crippen LogP contribution in [0.2, 0.25) is 5.02 Å². The molecule has 2 aromatic rings. The lowest BCUT2D eigenvalue weighted by Gasteiger charge is -2.27. The zero-order valence-corrected chi connectivity index (χ0v) is 15.5. The molecule has 4 rings (SSSR count). The highest BCUT2D eigenvalue weighted by Crippen LogP contribution is 2.33. The van der Waals surface area contributed by atoms with E-state index in [1.807, 2.05) is 29.6 Å². The molecule has 2 bridgehead atoms. The van der Waals surface area contributed by atoms with Crippen LogP contribution in [-0.2, 0) is 0 Å². The molecule has 7 heteroatoms. The molecule has 4 nitrogen and oxygen atoms in total. The van der Waals surface area contributed by atoms with E-state index < -0.39 is 0 Å². The molecule has 2 atom stereocenters. The molecule has 0 radical (unpaired) electrons. The number of aromatic nitrogens is 1. The Morgan fingerprint density at radius 3 is 2.88 bits per heavy atom. The van der Waals surface area contributed by atoms with Crippen molar-refractivity contribution in [3.8, 4) is 10.6 Å². The molecule has 1 aromatic carbocycles. The number of carbonyl (C=O) groups excluding carboxylic acids is 1. The van der Waals surface area contributed by atoms with E-state index in [9.17, 15) is 4.79 Å². The first-order valence-corrected chi connectivity index (χ1v) is 9.23. The summed E-state index contributed by atoms with van der Waals surface area (Å²) in [5, 5.41) is 6.76. The number of benzene rings is 1. The van der Waals surface area contributed by atoms with Gasteiger partial charge < -0.3 is 10.2 Å². The lowest BCUT2D eigenvalue weighted by molar-refractivity contribution is 0.0675. The van der Waals surface area contributed by atoms with Crippen molar-refractivity contribution >= 4 is 41.3 Å². The summed E-state index contributed by atoms with van der Waals surface area (Å²) in [4.78, 5) is 19.6. The van der Waals surface area contributed by atoms with Crippen molar-refractivity contribution in [3.63, 3.8) is 0 Å². The Kier molecular flexibility index (Phi) is 5.45. The van der Waals surface area contributed by atoms with Crippen LogP contribution < -0.4 is 5.32 Å². The molecule has 2 fully saturated rings. The van der Waals surface area contributed by atoms with Crippen LogP contribution in [0.4, 0.5) is 0 Å². The van der Waals surface area contributed by atoms with Crippen molar-refractivity contribution in [2.45, 2.75) is 31.3 Å². The van der Waals surface area contributed by atoms with Gasteiger partial charge in [-0.2, -0.15) is 0 Å². The smallest absolute Gasteiger partial charge is 0.273 e. The maximum atomic E-state index is 13.0. The second-order valence-corrected chi connectivity index (χ2v) is 7.37. The number of hydrogen-bond acceptors (Lipinski definition) is 4. The second-order valence-electron chi connectivity index (χ2n) is 6.11. The maximum absolute atomic E-state index is 13.0. The topological polar surface area (TPSA) is 45.2 Å². The molecule has 128 valence electrons. The number of amides is 1. The maximum Gasteiger partial charge on any atom is 0.273 e. The van der Waals surface area contributed by atoms with Crippen molar-refractivity contribution < 1.29 is 4.79 Å². The van der Waals surface area contributed by atoms with Gasteiger partial charge in [-0.1, -0.05) is 29.8 Å². The summed E-state index contributed by atoms with van der Waals surface area (Å²) >= 11 is 7.72. The fourth-order valence-electron chi connectivity index (χ4n) is 3.58. The predicted molar refractivity (Wildman–Crippen MR) is 100 cm³/mol. The van der Waals surface area contributed by atoms with Crippen LogP contribution in [0.3, 0.4) is 0 Å². The second kappa shape index (κ2) is 7.40. The van der Waals surface area contributed by atoms with E-state index in [1.165, 1.54) is 11.3 Å². The average molecular weight is 384 g/mol. The van der Waals surface area contributed by atoms with E-state index in [0.717, 1.165) is 42.9 Å². The molecule has 2 unspecified atom stereocenters. The number of nitrogens with one attached hydrogen (secondary N) is 1. The molecule has 3 heterocycles. The van der Waals surface area contributed by atoms with Crippen LogP contribution in [0.25, 0.3) is 10.6 Å². The Labute approximate surface area is 156 Å². The monoisotopic (exact) mass is 383 g/mol. The molecule has 2 aliphatic heterocycles. The molecule has 0 aliphatic carbocycles. The predicted octanol–water partition coefficient (Wildman–Crippen LogP) is 3.85. The van der Waals surface area contributed by atoms with Gasteiger partial charge in [-0.3, -0.25) is 4.79 Å². The number of hydrogen-bond donors (Lipinski definition) is 1. The molecular weight excluding hydrogens is 365 g/mol. The summed E-state index contributed by atoms with van der Waals surface area (Å²) in [5.41, 5.74) is 1.43. The Morgan fingerprint density at radius 2 is 2.04 bits per heavy atom. The first kappa shape index (κ1) is 17.7. The first-order valence-electron chi connectivity index (χ1n) is 7.98. The fourth-order valence-corrected chi connectivity index (χ4v) is 4.69. The SMILES string of the molecule is Cl.O=C(c1csc(-c2ccccc2Cl)n1)N1C2CCNCC1CC2. The van der Waals surface area contributed by atoms with Crippen LogP contribution in [0, 0.1) is 0 Å². The fraction of sp³-hybridized carbons (Fsp3) is 0.412. The zero-order chi connectivity index (χ0) is 15.8. The van der Waals surface area contributed by atoms with Crippen molar-refractivity contribution in [3.05, 3.63) is 40.4 Å². The van der Waals surface area contributed by atoms with Gasteiger partial charge in [0.25, 0.3) is 5.91 Å². The number of halogens is 2. The minimum absolute atomic E-state index is 0. The molecular formula is C17H19Cl2N3OS. The molecule has 1 aromatic heterocycles. The Bertz CT molecular complexity index is 722. The van der Waals surface area contributed by atoms with E-state index in [0.29, 0.717) is 22.8 Å². The van der Waals surface area contributed by atoms with E-state index in [2.05, 4.69) is 15.2 Å². The standard InChI is InChI=1S/C17H18ClN3OS.ClH/c18-14-4-2-1-3-13(14)16-20-15(10-23-16)17(22)21-11-5-6-12(21)9-19-8-7-11;/h1-4,10-12,19H,5-9H2;1H. The van der Waals surface area contributed by atoms with Crippen molar-refractivity contribution in [1.29, 1.82) is 0 Å². The zero-order valence-electron chi connectivity index (χ0n) is 13.1. The molecule has 0 saturated carbocycles. The quantitative estimate of drug-likeness (QED) is 0.856. The van der Waals surface area contributed by atoms with Gasteiger partial charge in [-0.05, 0) is 31.9 Å². The van der Waals surface area contributed by atoms with E-state index in [4.69, 9.17) is 11.6 Å². The minimum Gasteiger partial charge on any atom is -0.330 e. The molecule has 1 N–H and O–H groups in total. The van der Waals surface area contributed by atoms with Gasteiger partial charge in [0.05, 0.1) is 5.02 Å². The number of nitrogens with zero attached hydrogens (tertiary/aromatic N) is 2. The summed E-state index contributed by atoms with van der Waals surface area (Å²) in [7, 11) is 0. The van der Waals surface area contributed by atoms with E-state index >= 15 is 0 Å². The van der Waals surface area contributed by atoms with Gasteiger partial charge in [0.2, 0.25) is 0 Å². The number of carbonyl (C=O) groups is 1. The lowest BCUT2D eigenvalue weighted by Crippen LogP contribution is -2.42. The van der Waals surface area contributed by atoms with Crippen LogP contribution >= 0.6 is 35.3 Å². The Balaban J connectivity index is 0.00000169. The Hall–Kier alpha value is -1.14. The normalized spacial score (nSPS) is 22.8. The lowest BCUT2D eigenvalue weighted by atomic mass is 10.1. The highest BCUT2D eigenvalue weighted by Gasteiger charge is 2.39. The summed E-state index contributed by atoms with van der Waals surface area (Å²) in [6.07, 6.45) is 3.23. The van der Waals surface area contributed by atoms with Gasteiger partial charge in [0.15, 0.2) is 0 Å². The highest BCUT2D eigenvalue weighted by atomic mass is 35.5. The summed E-state index contributed by atoms with van der Waals surface area (Å²) in [5.74, 6) is 0.0655. The summed E-state index contributed by atoms with van der Waals surface area (Å²) < 4.78 is 0. The van der Waals surface area contributed by atoms with E-state index in [1.54, 1.807) is 0 Å². The molecule has 0 spiro atoms. The van der Waals surface area contributed by atoms with Crippen LogP contribution in [0.5, 0.6) is 0 Å². The molecule has 2 aliphatic rings. The van der Waals surface area contributed by atoms with Gasteiger partial charge in [0.1, 0.15) is 10.7 Å². The largest absolute Gasteiger partial charge is 0.330 e. The van der Waals surface area contributed by atoms with Gasteiger partial charge in [-0.25, -0.2) is 4.98 Å². The average Bonchev–Trinajstić information content (AvgIpc) is 3.11. The summed E-state index contributed by atoms with van der Waals surface area (Å²) in [6.45, 7) is 1.89. The summed E-state index contributed by atoms with van der Waals surface area (Å²) in [6, 6.07) is 8.28. The number of rotatable bonds is 2. The third-order valence-corrected chi connectivity index (χ3v) is 5.92. The first-order chi connectivity index (χ1) is 11.2. The minimum atomic E-state index is 0. The van der Waals surface area contributed by atoms with Crippen LogP contribution in [0.1, 0.15) is 29.8 Å². The van der Waals surface area contributed by atoms with Gasteiger partial charge in [0, 0.05) is 29.6 Å². The molecule has 1 amide bonds. The van der Waals surface area contributed by atoms with Crippen molar-refractivity contribution in [1.82, 2.24) is 15.2 Å². The van der Waals surface area contributed by atoms with Gasteiger partial charge >= 0.3 is 0 Å². The Morgan fingerprint density at radius 1 is 1.25 bits per heavy atom. The van der Waals surface area contributed by atoms with E-state index in [-0.39, 0.29) is 18.3 Å². The van der Waals surface area contributed by atoms with Crippen molar-refractivity contribution in [2.75, 3.05) is 13.1 Å². The van der Waals surface area contributed by atoms with Gasteiger partial charge in [-0.15, -0.1) is 23.7 Å². The third-order valence-electron chi connectivity index (χ3n) is 4.72. The molecule has 2 saturated heterocycles. The number of thiazole rings is 1. The number of fused-ring (bicyclic) bond motifs is 2. The van der Waals surface area contributed by atoms with Crippen molar-refractivity contribution in [2.24, 2.45) is 0 Å². The van der Waals surface area contributed by atoms with Crippen LogP contribution in [0.15, 0.2) is 29.6 Å². The molecule has 24 heavy (non-hydrogen) atoms. The third kappa shape index (κ3) is 3.18.